The SMILES string of the molecule is C=C(C)[C@@]12CCC[C@@H]1CC(=O)O2. The number of esters is 1. The number of fused-ring (bicyclic) bond motifs is 1. The van der Waals surface area contributed by atoms with Gasteiger partial charge in [0, 0.05) is 5.92 Å². The Morgan fingerprint density at radius 1 is 1.75 bits per heavy atom. The van der Waals surface area contributed by atoms with Crippen LogP contribution in [0.1, 0.15) is 32.6 Å². The van der Waals surface area contributed by atoms with Gasteiger partial charge < -0.3 is 4.74 Å². The Hall–Kier alpha value is -0.790. The highest BCUT2D eigenvalue weighted by molar-refractivity contribution is 5.74. The Kier molecular flexibility index (Phi) is 1.53. The lowest BCUT2D eigenvalue weighted by atomic mass is 9.85. The minimum absolute atomic E-state index is 0.0392. The maximum atomic E-state index is 11.1. The van der Waals surface area contributed by atoms with Crippen LogP contribution in [-0.2, 0) is 9.53 Å². The van der Waals surface area contributed by atoms with E-state index in [0.717, 1.165) is 18.4 Å². The molecule has 2 aliphatic rings. The monoisotopic (exact) mass is 166 g/mol. The second-order valence-electron chi connectivity index (χ2n) is 3.94. The van der Waals surface area contributed by atoms with Gasteiger partial charge in [-0.05, 0) is 31.8 Å². The van der Waals surface area contributed by atoms with E-state index in [0.29, 0.717) is 12.3 Å². The average molecular weight is 166 g/mol. The minimum atomic E-state index is -0.267. The lowest BCUT2D eigenvalue weighted by Gasteiger charge is -2.27. The van der Waals surface area contributed by atoms with E-state index in [9.17, 15) is 4.79 Å². The van der Waals surface area contributed by atoms with Crippen LogP contribution in [0.2, 0.25) is 0 Å². The topological polar surface area (TPSA) is 26.3 Å². The summed E-state index contributed by atoms with van der Waals surface area (Å²) in [5, 5.41) is 0. The van der Waals surface area contributed by atoms with Gasteiger partial charge in [0.25, 0.3) is 0 Å². The molecule has 0 spiro atoms. The van der Waals surface area contributed by atoms with Gasteiger partial charge in [0.1, 0.15) is 5.60 Å². The van der Waals surface area contributed by atoms with Crippen molar-refractivity contribution in [1.82, 2.24) is 0 Å². The molecule has 0 bridgehead atoms. The largest absolute Gasteiger partial charge is 0.454 e. The smallest absolute Gasteiger partial charge is 0.307 e. The molecular formula is C10H14O2. The lowest BCUT2D eigenvalue weighted by molar-refractivity contribution is -0.146. The lowest BCUT2D eigenvalue weighted by Crippen LogP contribution is -2.31. The zero-order valence-electron chi connectivity index (χ0n) is 7.43. The van der Waals surface area contributed by atoms with Gasteiger partial charge in [0.15, 0.2) is 0 Å². The van der Waals surface area contributed by atoms with Gasteiger partial charge in [0.05, 0.1) is 6.42 Å². The Labute approximate surface area is 72.6 Å². The third-order valence-corrected chi connectivity index (χ3v) is 3.19. The van der Waals surface area contributed by atoms with Crippen molar-refractivity contribution in [3.63, 3.8) is 0 Å². The number of carbonyl (C=O) groups is 1. The highest BCUT2D eigenvalue weighted by Crippen LogP contribution is 2.49. The summed E-state index contributed by atoms with van der Waals surface area (Å²) in [6.45, 7) is 5.90. The molecule has 1 aliphatic heterocycles. The summed E-state index contributed by atoms with van der Waals surface area (Å²) < 4.78 is 5.40. The van der Waals surface area contributed by atoms with Gasteiger partial charge in [-0.25, -0.2) is 0 Å². The molecule has 12 heavy (non-hydrogen) atoms. The van der Waals surface area contributed by atoms with Crippen molar-refractivity contribution in [2.45, 2.75) is 38.2 Å². The first-order valence-corrected chi connectivity index (χ1v) is 4.53. The summed E-state index contributed by atoms with van der Waals surface area (Å²) >= 11 is 0. The molecule has 0 amide bonds. The Morgan fingerprint density at radius 2 is 2.50 bits per heavy atom. The van der Waals surface area contributed by atoms with Crippen molar-refractivity contribution in [2.24, 2.45) is 5.92 Å². The fraction of sp³-hybridized carbons (Fsp3) is 0.700. The van der Waals surface area contributed by atoms with Crippen LogP contribution in [0.5, 0.6) is 0 Å². The van der Waals surface area contributed by atoms with Gasteiger partial charge in [-0.2, -0.15) is 0 Å². The number of ether oxygens (including phenoxy) is 1. The molecule has 2 fully saturated rings. The van der Waals surface area contributed by atoms with Crippen LogP contribution < -0.4 is 0 Å². The van der Waals surface area contributed by atoms with E-state index in [-0.39, 0.29) is 11.6 Å². The summed E-state index contributed by atoms with van der Waals surface area (Å²) in [6.07, 6.45) is 3.88. The molecule has 1 heterocycles. The van der Waals surface area contributed by atoms with E-state index in [1.165, 1.54) is 6.42 Å². The maximum absolute atomic E-state index is 11.1. The van der Waals surface area contributed by atoms with Crippen molar-refractivity contribution >= 4 is 5.97 Å². The van der Waals surface area contributed by atoms with Crippen molar-refractivity contribution in [3.8, 4) is 0 Å². The first-order chi connectivity index (χ1) is 5.65. The van der Waals surface area contributed by atoms with Crippen LogP contribution in [0.15, 0.2) is 12.2 Å². The van der Waals surface area contributed by atoms with Crippen molar-refractivity contribution in [2.75, 3.05) is 0 Å². The van der Waals surface area contributed by atoms with Crippen molar-refractivity contribution in [3.05, 3.63) is 12.2 Å². The van der Waals surface area contributed by atoms with Crippen LogP contribution in [-0.4, -0.2) is 11.6 Å². The fourth-order valence-corrected chi connectivity index (χ4v) is 2.54. The zero-order chi connectivity index (χ0) is 8.77. The molecule has 0 radical (unpaired) electrons. The van der Waals surface area contributed by atoms with Gasteiger partial charge in [-0.15, -0.1) is 0 Å². The third-order valence-electron chi connectivity index (χ3n) is 3.19. The van der Waals surface area contributed by atoms with E-state index in [1.807, 2.05) is 6.92 Å². The molecule has 1 saturated heterocycles. The quantitative estimate of drug-likeness (QED) is 0.440. The molecule has 2 nitrogen and oxygen atoms in total. The number of carbonyl (C=O) groups excluding carboxylic acids is 1. The molecule has 1 aliphatic carbocycles. The van der Waals surface area contributed by atoms with Gasteiger partial charge >= 0.3 is 5.97 Å². The highest BCUT2D eigenvalue weighted by Gasteiger charge is 2.52. The molecule has 2 heteroatoms. The summed E-state index contributed by atoms with van der Waals surface area (Å²) in [5.74, 6) is 0.380. The first kappa shape index (κ1) is 7.84. The van der Waals surface area contributed by atoms with Crippen molar-refractivity contribution < 1.29 is 9.53 Å². The van der Waals surface area contributed by atoms with Crippen LogP contribution in [0.3, 0.4) is 0 Å². The number of hydrogen-bond acceptors (Lipinski definition) is 2. The van der Waals surface area contributed by atoms with Gasteiger partial charge in [-0.1, -0.05) is 6.58 Å². The van der Waals surface area contributed by atoms with E-state index < -0.39 is 0 Å². The van der Waals surface area contributed by atoms with Gasteiger partial charge in [0.2, 0.25) is 0 Å². The highest BCUT2D eigenvalue weighted by atomic mass is 16.6. The predicted octanol–water partition coefficient (Wildman–Crippen LogP) is 2.05. The second-order valence-corrected chi connectivity index (χ2v) is 3.94. The van der Waals surface area contributed by atoms with E-state index in [1.54, 1.807) is 0 Å². The third kappa shape index (κ3) is 0.838. The molecule has 0 unspecified atom stereocenters. The molecule has 2 rings (SSSR count). The molecule has 0 aromatic carbocycles. The molecule has 1 saturated carbocycles. The molecule has 2 atom stereocenters. The fourth-order valence-electron chi connectivity index (χ4n) is 2.54. The number of hydrogen-bond donors (Lipinski definition) is 0. The summed E-state index contributed by atoms with van der Waals surface area (Å²) in [4.78, 5) is 11.1. The molecule has 0 aromatic rings. The molecule has 0 N–H and O–H groups in total. The molecular weight excluding hydrogens is 152 g/mol. The average Bonchev–Trinajstić information content (AvgIpc) is 2.42. The van der Waals surface area contributed by atoms with E-state index in [2.05, 4.69) is 6.58 Å². The normalized spacial score (nSPS) is 39.4. The standard InChI is InChI=1S/C10H14O2/c1-7(2)10-5-3-4-8(10)6-9(11)12-10/h8H,1,3-6H2,2H3/t8-,10+/m1/s1. The summed E-state index contributed by atoms with van der Waals surface area (Å²) in [6, 6.07) is 0. The molecule has 0 aromatic heterocycles. The van der Waals surface area contributed by atoms with Gasteiger partial charge in [-0.3, -0.25) is 4.79 Å². The van der Waals surface area contributed by atoms with Crippen LogP contribution in [0, 0.1) is 5.92 Å². The number of rotatable bonds is 1. The van der Waals surface area contributed by atoms with Crippen LogP contribution in [0.4, 0.5) is 0 Å². The second kappa shape index (κ2) is 2.35. The predicted molar refractivity (Wildman–Crippen MR) is 45.6 cm³/mol. The Morgan fingerprint density at radius 3 is 3.08 bits per heavy atom. The summed E-state index contributed by atoms with van der Waals surface area (Å²) in [7, 11) is 0. The van der Waals surface area contributed by atoms with Crippen LogP contribution >= 0.6 is 0 Å². The summed E-state index contributed by atoms with van der Waals surface area (Å²) in [5.41, 5.74) is 0.757. The zero-order valence-corrected chi connectivity index (χ0v) is 7.43. The Balaban J connectivity index is 2.32. The molecule has 66 valence electrons. The van der Waals surface area contributed by atoms with Crippen LogP contribution in [0.25, 0.3) is 0 Å². The minimum Gasteiger partial charge on any atom is -0.454 e. The first-order valence-electron chi connectivity index (χ1n) is 4.53. The van der Waals surface area contributed by atoms with Crippen molar-refractivity contribution in [1.29, 1.82) is 0 Å². The van der Waals surface area contributed by atoms with E-state index in [4.69, 9.17) is 4.74 Å². The maximum Gasteiger partial charge on any atom is 0.307 e. The van der Waals surface area contributed by atoms with E-state index >= 15 is 0 Å². The Bertz CT molecular complexity index is 244.